The fourth-order valence-electron chi connectivity index (χ4n) is 3.28. The second-order valence-corrected chi connectivity index (χ2v) is 8.13. The van der Waals surface area contributed by atoms with E-state index in [0.717, 1.165) is 0 Å². The van der Waals surface area contributed by atoms with E-state index in [1.165, 1.54) is 17.0 Å². The highest BCUT2D eigenvalue weighted by molar-refractivity contribution is 5.97. The molecule has 0 unspecified atom stereocenters. The highest BCUT2D eigenvalue weighted by Crippen LogP contribution is 2.25. The summed E-state index contributed by atoms with van der Waals surface area (Å²) in [5, 5.41) is 2.75. The summed E-state index contributed by atoms with van der Waals surface area (Å²) in [5.74, 6) is -1.13. The van der Waals surface area contributed by atoms with E-state index in [1.807, 2.05) is 11.8 Å². The van der Waals surface area contributed by atoms with Crippen molar-refractivity contribution >= 4 is 23.2 Å². The summed E-state index contributed by atoms with van der Waals surface area (Å²) in [5.41, 5.74) is 6.39. The molecule has 1 aromatic rings. The van der Waals surface area contributed by atoms with E-state index in [-0.39, 0.29) is 36.1 Å². The van der Waals surface area contributed by atoms with Gasteiger partial charge in [-0.3, -0.25) is 14.5 Å². The van der Waals surface area contributed by atoms with Crippen molar-refractivity contribution in [3.05, 3.63) is 24.0 Å². The van der Waals surface area contributed by atoms with Gasteiger partial charge < -0.3 is 20.7 Å². The highest BCUT2D eigenvalue weighted by atomic mass is 19.1. The first-order valence-corrected chi connectivity index (χ1v) is 9.59. The lowest BCUT2D eigenvalue weighted by atomic mass is 9.95. The Morgan fingerprint density at radius 1 is 1.43 bits per heavy atom. The van der Waals surface area contributed by atoms with Crippen molar-refractivity contribution in [3.8, 4) is 0 Å². The number of nitrogens with two attached hydrogens (primary N) is 1. The zero-order valence-electron chi connectivity index (χ0n) is 17.1. The number of rotatable bonds is 7. The van der Waals surface area contributed by atoms with Crippen LogP contribution in [0.5, 0.6) is 0 Å². The van der Waals surface area contributed by atoms with Gasteiger partial charge in [-0.25, -0.2) is 4.39 Å². The molecule has 1 aliphatic rings. The number of hydrogen-bond acceptors (Lipinski definition) is 5. The van der Waals surface area contributed by atoms with Crippen LogP contribution >= 0.6 is 0 Å². The number of nitrogens with zero attached hydrogens (tertiary/aromatic N) is 2. The van der Waals surface area contributed by atoms with Crippen molar-refractivity contribution in [2.75, 3.05) is 49.6 Å². The first kappa shape index (κ1) is 22.3. The molecule has 1 aromatic carbocycles. The minimum absolute atomic E-state index is 0.0160. The Hall–Kier alpha value is -2.03. The molecular formula is C20H31FN4O3. The van der Waals surface area contributed by atoms with Crippen LogP contribution in [0.15, 0.2) is 18.2 Å². The molecule has 0 saturated carbocycles. The molecule has 7 nitrogen and oxygen atoms in total. The summed E-state index contributed by atoms with van der Waals surface area (Å²) in [6, 6.07) is 3.81. The zero-order chi connectivity index (χ0) is 20.9. The Balaban J connectivity index is 2.12. The van der Waals surface area contributed by atoms with Crippen molar-refractivity contribution < 1.29 is 18.7 Å². The Morgan fingerprint density at radius 3 is 2.68 bits per heavy atom. The maximum absolute atomic E-state index is 14.6. The van der Waals surface area contributed by atoms with Gasteiger partial charge in [-0.15, -0.1) is 0 Å². The topological polar surface area (TPSA) is 87.9 Å². The summed E-state index contributed by atoms with van der Waals surface area (Å²) in [7, 11) is 0. The number of nitrogens with one attached hydrogen (secondary N) is 1. The van der Waals surface area contributed by atoms with Gasteiger partial charge in [0.25, 0.3) is 5.91 Å². The largest absolute Gasteiger partial charge is 0.370 e. The molecule has 0 aromatic heterocycles. The van der Waals surface area contributed by atoms with E-state index in [1.54, 1.807) is 6.07 Å². The van der Waals surface area contributed by atoms with Crippen molar-refractivity contribution in [3.63, 3.8) is 0 Å². The zero-order valence-corrected chi connectivity index (χ0v) is 17.1. The summed E-state index contributed by atoms with van der Waals surface area (Å²) in [4.78, 5) is 28.0. The first-order chi connectivity index (χ1) is 13.2. The highest BCUT2D eigenvalue weighted by Gasteiger charge is 2.28. The molecule has 156 valence electrons. The molecule has 28 heavy (non-hydrogen) atoms. The summed E-state index contributed by atoms with van der Waals surface area (Å²) >= 11 is 0. The van der Waals surface area contributed by atoms with Gasteiger partial charge in [-0.1, -0.05) is 27.7 Å². The number of halogens is 1. The number of carbonyl (C=O) groups excluding carboxylic acids is 2. The standard InChI is InChI=1S/C20H31FN4O3/c1-5-24(13-20(2,3)4)17(11-22)19(27)23-14-6-7-16(15(21)10-14)25-8-9-28-12-18(25)26/h6-7,10,17H,5,8-9,11-13,22H2,1-4H3,(H,23,27)/t17-/m0/s1. The second-order valence-electron chi connectivity index (χ2n) is 8.13. The molecule has 2 amide bonds. The third kappa shape index (κ3) is 5.73. The lowest BCUT2D eigenvalue weighted by molar-refractivity contribution is -0.125. The Labute approximate surface area is 166 Å². The molecule has 8 heteroatoms. The van der Waals surface area contributed by atoms with Crippen LogP contribution in [0.4, 0.5) is 15.8 Å². The molecule has 3 N–H and O–H groups in total. The van der Waals surface area contributed by atoms with E-state index in [4.69, 9.17) is 10.5 Å². The second kappa shape index (κ2) is 9.45. The summed E-state index contributed by atoms with van der Waals surface area (Å²) < 4.78 is 19.6. The predicted octanol–water partition coefficient (Wildman–Crippen LogP) is 1.82. The van der Waals surface area contributed by atoms with Gasteiger partial charge in [0.1, 0.15) is 18.5 Å². The van der Waals surface area contributed by atoms with Gasteiger partial charge >= 0.3 is 0 Å². The normalized spacial score (nSPS) is 16.4. The molecule has 0 radical (unpaired) electrons. The smallest absolute Gasteiger partial charge is 0.253 e. The first-order valence-electron chi connectivity index (χ1n) is 9.59. The average molecular weight is 394 g/mol. The molecule has 1 saturated heterocycles. The molecule has 2 rings (SSSR count). The van der Waals surface area contributed by atoms with Crippen LogP contribution in [0.1, 0.15) is 27.7 Å². The number of ether oxygens (including phenoxy) is 1. The third-order valence-electron chi connectivity index (χ3n) is 4.54. The number of hydrogen-bond donors (Lipinski definition) is 2. The van der Waals surface area contributed by atoms with E-state index >= 15 is 0 Å². The minimum Gasteiger partial charge on any atom is -0.370 e. The van der Waals surface area contributed by atoms with Crippen LogP contribution in [0.3, 0.4) is 0 Å². The fourth-order valence-corrected chi connectivity index (χ4v) is 3.28. The van der Waals surface area contributed by atoms with Gasteiger partial charge in [0.15, 0.2) is 0 Å². The van der Waals surface area contributed by atoms with Crippen LogP contribution in [-0.2, 0) is 14.3 Å². The number of morpholine rings is 1. The van der Waals surface area contributed by atoms with E-state index in [2.05, 4.69) is 26.1 Å². The van der Waals surface area contributed by atoms with Gasteiger partial charge in [0.2, 0.25) is 5.91 Å². The van der Waals surface area contributed by atoms with Crippen LogP contribution < -0.4 is 16.0 Å². The van der Waals surface area contributed by atoms with E-state index in [0.29, 0.717) is 31.9 Å². The van der Waals surface area contributed by atoms with Crippen LogP contribution in [-0.4, -0.2) is 62.1 Å². The summed E-state index contributed by atoms with van der Waals surface area (Å²) in [6.45, 7) is 10.4. The fraction of sp³-hybridized carbons (Fsp3) is 0.600. The molecule has 1 aliphatic heterocycles. The minimum atomic E-state index is -0.570. The lowest BCUT2D eigenvalue weighted by Gasteiger charge is -2.34. The monoisotopic (exact) mass is 394 g/mol. The van der Waals surface area contributed by atoms with Gasteiger partial charge in [-0.2, -0.15) is 0 Å². The van der Waals surface area contributed by atoms with E-state index < -0.39 is 11.9 Å². The number of benzene rings is 1. The number of anilines is 2. The molecule has 0 spiro atoms. The maximum atomic E-state index is 14.6. The van der Waals surface area contributed by atoms with Crippen LogP contribution in [0, 0.1) is 11.2 Å². The van der Waals surface area contributed by atoms with Gasteiger partial charge in [0.05, 0.1) is 12.3 Å². The van der Waals surface area contributed by atoms with Crippen molar-refractivity contribution in [1.82, 2.24) is 4.90 Å². The third-order valence-corrected chi connectivity index (χ3v) is 4.54. The van der Waals surface area contributed by atoms with Crippen molar-refractivity contribution in [1.29, 1.82) is 0 Å². The summed E-state index contributed by atoms with van der Waals surface area (Å²) in [6.07, 6.45) is 0. The van der Waals surface area contributed by atoms with Crippen LogP contribution in [0.2, 0.25) is 0 Å². The number of amides is 2. The van der Waals surface area contributed by atoms with Gasteiger partial charge in [0, 0.05) is 25.3 Å². The quantitative estimate of drug-likeness (QED) is 0.737. The average Bonchev–Trinajstić information content (AvgIpc) is 2.61. The predicted molar refractivity (Wildman–Crippen MR) is 108 cm³/mol. The Morgan fingerprint density at radius 2 is 2.14 bits per heavy atom. The Bertz CT molecular complexity index is 705. The number of likely N-dealkylation sites (N-methyl/N-ethyl adjacent to an activating group) is 1. The molecule has 0 aliphatic carbocycles. The molecular weight excluding hydrogens is 363 g/mol. The molecule has 1 atom stereocenters. The Kier molecular flexibility index (Phi) is 7.51. The SMILES string of the molecule is CCN(CC(C)(C)C)[C@@H](CN)C(=O)Nc1ccc(N2CCOCC2=O)c(F)c1. The number of carbonyl (C=O) groups is 2. The van der Waals surface area contributed by atoms with Gasteiger partial charge in [-0.05, 0) is 30.2 Å². The van der Waals surface area contributed by atoms with Crippen LogP contribution in [0.25, 0.3) is 0 Å². The lowest BCUT2D eigenvalue weighted by Crippen LogP contribution is -2.51. The molecule has 1 heterocycles. The van der Waals surface area contributed by atoms with Crippen molar-refractivity contribution in [2.24, 2.45) is 11.1 Å². The maximum Gasteiger partial charge on any atom is 0.253 e. The van der Waals surface area contributed by atoms with E-state index in [9.17, 15) is 14.0 Å². The molecule has 1 fully saturated rings. The van der Waals surface area contributed by atoms with Crippen molar-refractivity contribution in [2.45, 2.75) is 33.7 Å². The molecule has 0 bridgehead atoms.